The number of carbonyl (C=O) groups is 2. The Labute approximate surface area is 179 Å². The molecule has 1 aliphatic rings. The van der Waals surface area contributed by atoms with E-state index in [9.17, 15) is 9.59 Å². The molecule has 9 heteroatoms. The van der Waals surface area contributed by atoms with Gasteiger partial charge in [-0.2, -0.15) is 5.10 Å². The molecule has 3 aromatic rings. The quantitative estimate of drug-likeness (QED) is 0.580. The molecule has 0 spiro atoms. The number of hydrogen-bond donors (Lipinski definition) is 1. The summed E-state index contributed by atoms with van der Waals surface area (Å²) in [5.74, 6) is 1.33. The van der Waals surface area contributed by atoms with Gasteiger partial charge in [-0.05, 0) is 37.1 Å². The zero-order valence-corrected chi connectivity index (χ0v) is 17.4. The van der Waals surface area contributed by atoms with Crippen molar-refractivity contribution >= 4 is 17.5 Å². The first-order chi connectivity index (χ1) is 15.1. The van der Waals surface area contributed by atoms with Crippen LogP contribution in [0.3, 0.4) is 0 Å². The number of aryl methyl sites for hydroxylation is 1. The van der Waals surface area contributed by atoms with Crippen LogP contribution in [0.25, 0.3) is 5.69 Å². The molecule has 162 valence electrons. The van der Waals surface area contributed by atoms with Crippen LogP contribution in [0.2, 0.25) is 0 Å². The largest absolute Gasteiger partial charge is 0.497 e. The predicted octanol–water partition coefficient (Wildman–Crippen LogP) is 2.51. The fourth-order valence-electron chi connectivity index (χ4n) is 3.87. The van der Waals surface area contributed by atoms with Gasteiger partial charge in [-0.25, -0.2) is 4.68 Å². The second-order valence-corrected chi connectivity index (χ2v) is 7.58. The van der Waals surface area contributed by atoms with Crippen LogP contribution in [0.5, 0.6) is 5.75 Å². The highest BCUT2D eigenvalue weighted by atomic mass is 16.5. The predicted molar refractivity (Wildman–Crippen MR) is 113 cm³/mol. The lowest BCUT2D eigenvalue weighted by atomic mass is 9.90. The van der Waals surface area contributed by atoms with Gasteiger partial charge in [-0.1, -0.05) is 5.16 Å². The first kappa shape index (κ1) is 20.6. The normalized spacial score (nSPS) is 16.3. The van der Waals surface area contributed by atoms with E-state index in [1.54, 1.807) is 36.4 Å². The van der Waals surface area contributed by atoms with Crippen molar-refractivity contribution in [2.75, 3.05) is 25.9 Å². The number of nitrogens with two attached hydrogens (primary N) is 1. The molecule has 31 heavy (non-hydrogen) atoms. The molecule has 1 aliphatic heterocycles. The lowest BCUT2D eigenvalue weighted by Gasteiger charge is -2.32. The van der Waals surface area contributed by atoms with E-state index in [1.807, 2.05) is 12.1 Å². The molecular weight excluding hydrogens is 398 g/mol. The maximum Gasteiger partial charge on any atom is 0.223 e. The Morgan fingerprint density at radius 2 is 2.06 bits per heavy atom. The van der Waals surface area contributed by atoms with Crippen molar-refractivity contribution in [2.45, 2.75) is 25.7 Å². The number of likely N-dealkylation sites (tertiary alicyclic amines) is 1. The minimum absolute atomic E-state index is 0.01000. The summed E-state index contributed by atoms with van der Waals surface area (Å²) in [6, 6.07) is 9.01. The van der Waals surface area contributed by atoms with Crippen molar-refractivity contribution in [1.82, 2.24) is 19.8 Å². The van der Waals surface area contributed by atoms with E-state index >= 15 is 0 Å². The highest BCUT2D eigenvalue weighted by molar-refractivity contribution is 6.02. The summed E-state index contributed by atoms with van der Waals surface area (Å²) in [7, 11) is 1.60. The first-order valence-electron chi connectivity index (χ1n) is 10.3. The van der Waals surface area contributed by atoms with E-state index in [0.717, 1.165) is 24.3 Å². The SMILES string of the molecule is COc1ccc(-n2ncc(C(=O)C3CCCN(C(=O)CCc4ccno4)C3)c2N)cc1. The standard InChI is InChI=1S/C22H25N5O4/c1-30-17-6-4-16(5-7-17)27-22(23)19(13-24-27)21(29)15-3-2-12-26(14-15)20(28)9-8-18-10-11-25-31-18/h4-7,10-11,13,15H,2-3,8-9,12,14,23H2,1H3. The molecule has 2 N–H and O–H groups in total. The van der Waals surface area contributed by atoms with Crippen LogP contribution >= 0.6 is 0 Å². The fourth-order valence-corrected chi connectivity index (χ4v) is 3.87. The number of nitrogens with zero attached hydrogens (tertiary/aromatic N) is 4. The van der Waals surface area contributed by atoms with Crippen molar-refractivity contribution in [2.24, 2.45) is 5.92 Å². The van der Waals surface area contributed by atoms with E-state index in [1.165, 1.54) is 10.9 Å². The van der Waals surface area contributed by atoms with Crippen molar-refractivity contribution in [3.63, 3.8) is 0 Å². The number of ketones is 1. The Kier molecular flexibility index (Phi) is 6.01. The third kappa shape index (κ3) is 4.45. The van der Waals surface area contributed by atoms with Gasteiger partial charge in [0.25, 0.3) is 0 Å². The molecule has 0 radical (unpaired) electrons. The highest BCUT2D eigenvalue weighted by Gasteiger charge is 2.31. The Hall–Kier alpha value is -3.62. The molecule has 0 bridgehead atoms. The van der Waals surface area contributed by atoms with Crippen LogP contribution in [0, 0.1) is 5.92 Å². The maximum absolute atomic E-state index is 13.2. The van der Waals surface area contributed by atoms with E-state index in [-0.39, 0.29) is 17.6 Å². The van der Waals surface area contributed by atoms with Gasteiger partial charge in [0, 0.05) is 37.9 Å². The molecule has 1 fully saturated rings. The Morgan fingerprint density at radius 1 is 1.26 bits per heavy atom. The van der Waals surface area contributed by atoms with Gasteiger partial charge in [0.05, 0.1) is 30.8 Å². The average Bonchev–Trinajstić information content (AvgIpc) is 3.47. The molecular formula is C22H25N5O4. The topological polar surface area (TPSA) is 116 Å². The first-order valence-corrected chi connectivity index (χ1v) is 10.3. The van der Waals surface area contributed by atoms with Crippen molar-refractivity contribution in [3.05, 3.63) is 54.0 Å². The molecule has 1 amide bonds. The van der Waals surface area contributed by atoms with Crippen molar-refractivity contribution in [3.8, 4) is 11.4 Å². The average molecular weight is 423 g/mol. The van der Waals surface area contributed by atoms with Gasteiger partial charge >= 0.3 is 0 Å². The third-order valence-corrected chi connectivity index (χ3v) is 5.61. The Morgan fingerprint density at radius 3 is 2.77 bits per heavy atom. The summed E-state index contributed by atoms with van der Waals surface area (Å²) in [5.41, 5.74) is 7.39. The van der Waals surface area contributed by atoms with Crippen molar-refractivity contribution in [1.29, 1.82) is 0 Å². The molecule has 1 unspecified atom stereocenters. The van der Waals surface area contributed by atoms with Gasteiger partial charge in [-0.15, -0.1) is 0 Å². The minimum atomic E-state index is -0.293. The Balaban J connectivity index is 1.42. The summed E-state index contributed by atoms with van der Waals surface area (Å²) >= 11 is 0. The summed E-state index contributed by atoms with van der Waals surface area (Å²) < 4.78 is 11.8. The summed E-state index contributed by atoms with van der Waals surface area (Å²) in [4.78, 5) is 27.5. The summed E-state index contributed by atoms with van der Waals surface area (Å²) in [6.07, 6.45) is 5.39. The van der Waals surface area contributed by atoms with Crippen LogP contribution in [0.4, 0.5) is 5.82 Å². The smallest absolute Gasteiger partial charge is 0.223 e. The lowest BCUT2D eigenvalue weighted by Crippen LogP contribution is -2.42. The molecule has 1 aromatic carbocycles. The number of hydrogen-bond acceptors (Lipinski definition) is 7. The van der Waals surface area contributed by atoms with Gasteiger partial charge in [0.15, 0.2) is 5.78 Å². The minimum Gasteiger partial charge on any atom is -0.497 e. The number of Topliss-reactive ketones (excluding diaryl/α,β-unsaturated/α-hetero) is 1. The number of ether oxygens (including phenoxy) is 1. The van der Waals surface area contributed by atoms with Crippen molar-refractivity contribution < 1.29 is 18.8 Å². The number of amides is 1. The zero-order valence-electron chi connectivity index (χ0n) is 17.4. The maximum atomic E-state index is 13.2. The zero-order chi connectivity index (χ0) is 21.8. The summed E-state index contributed by atoms with van der Waals surface area (Å²) in [5, 5.41) is 7.95. The molecule has 1 atom stereocenters. The number of nitrogen functional groups attached to an aromatic ring is 1. The second kappa shape index (κ2) is 9.03. The van der Waals surface area contributed by atoms with Crippen LogP contribution in [0.15, 0.2) is 47.2 Å². The number of anilines is 1. The molecule has 0 saturated carbocycles. The number of benzene rings is 1. The third-order valence-electron chi connectivity index (χ3n) is 5.61. The molecule has 4 rings (SSSR count). The highest BCUT2D eigenvalue weighted by Crippen LogP contribution is 2.26. The summed E-state index contributed by atoms with van der Waals surface area (Å²) in [6.45, 7) is 1.04. The Bertz CT molecular complexity index is 1040. The molecule has 2 aromatic heterocycles. The van der Waals surface area contributed by atoms with Gasteiger partial charge < -0.3 is 19.9 Å². The number of aromatic nitrogens is 3. The van der Waals surface area contributed by atoms with Gasteiger partial charge in [0.1, 0.15) is 17.3 Å². The molecule has 0 aliphatic carbocycles. The van der Waals surface area contributed by atoms with Crippen LogP contribution in [-0.2, 0) is 11.2 Å². The molecule has 9 nitrogen and oxygen atoms in total. The lowest BCUT2D eigenvalue weighted by molar-refractivity contribution is -0.132. The van der Waals surface area contributed by atoms with E-state index in [0.29, 0.717) is 43.1 Å². The second-order valence-electron chi connectivity index (χ2n) is 7.58. The molecule has 3 heterocycles. The van der Waals surface area contributed by atoms with Crippen LogP contribution in [0.1, 0.15) is 35.4 Å². The van der Waals surface area contributed by atoms with Gasteiger partial charge in [0.2, 0.25) is 5.91 Å². The van der Waals surface area contributed by atoms with E-state index in [2.05, 4.69) is 10.3 Å². The number of methoxy groups -OCH3 is 1. The number of carbonyl (C=O) groups excluding carboxylic acids is 2. The van der Waals surface area contributed by atoms with Gasteiger partial charge in [-0.3, -0.25) is 9.59 Å². The van der Waals surface area contributed by atoms with Crippen LogP contribution in [-0.4, -0.2) is 51.7 Å². The van der Waals surface area contributed by atoms with E-state index in [4.69, 9.17) is 15.0 Å². The molecule has 1 saturated heterocycles. The van der Waals surface area contributed by atoms with Crippen LogP contribution < -0.4 is 10.5 Å². The monoisotopic (exact) mass is 423 g/mol. The fraction of sp³-hybridized carbons (Fsp3) is 0.364. The number of rotatable bonds is 7. The number of piperidine rings is 1. The van der Waals surface area contributed by atoms with E-state index < -0.39 is 0 Å².